The molecular weight excluding hydrogens is 298 g/mol. The van der Waals surface area contributed by atoms with E-state index < -0.39 is 0 Å². The number of benzene rings is 3. The Morgan fingerprint density at radius 3 is 2.17 bits per heavy atom. The fourth-order valence-electron chi connectivity index (χ4n) is 3.05. The van der Waals surface area contributed by atoms with E-state index in [9.17, 15) is 9.59 Å². The van der Waals surface area contributed by atoms with E-state index in [1.165, 1.54) is 4.90 Å². The fourth-order valence-corrected chi connectivity index (χ4v) is 3.05. The third kappa shape index (κ3) is 2.22. The summed E-state index contributed by atoms with van der Waals surface area (Å²) >= 11 is 0. The lowest BCUT2D eigenvalue weighted by Crippen LogP contribution is -2.29. The molecule has 1 aliphatic heterocycles. The van der Waals surface area contributed by atoms with Crippen LogP contribution in [0.3, 0.4) is 0 Å². The molecule has 0 bridgehead atoms. The van der Waals surface area contributed by atoms with Gasteiger partial charge in [0, 0.05) is 0 Å². The molecule has 0 aliphatic carbocycles. The van der Waals surface area contributed by atoms with E-state index in [1.54, 1.807) is 18.2 Å². The van der Waals surface area contributed by atoms with Crippen LogP contribution in [0.5, 0.6) is 0 Å². The topological polar surface area (TPSA) is 37.4 Å². The average Bonchev–Trinajstić information content (AvgIpc) is 2.86. The Labute approximate surface area is 140 Å². The Bertz CT molecular complexity index is 961. The number of hydrogen-bond donors (Lipinski definition) is 0. The summed E-state index contributed by atoms with van der Waals surface area (Å²) in [5.41, 5.74) is 4.50. The number of nitrogens with zero attached hydrogens (tertiary/aromatic N) is 1. The molecule has 0 saturated carbocycles. The SMILES string of the molecule is Cc1cccc(N2C(=O)c3ccc(-c4ccccc4)cc3C2=O)c1. The minimum absolute atomic E-state index is 0.264. The normalized spacial score (nSPS) is 13.3. The lowest BCUT2D eigenvalue weighted by molar-refractivity contribution is 0.0926. The van der Waals surface area contributed by atoms with Crippen LogP contribution in [0.4, 0.5) is 5.69 Å². The molecule has 3 aromatic carbocycles. The van der Waals surface area contributed by atoms with Gasteiger partial charge in [-0.15, -0.1) is 0 Å². The molecule has 3 heteroatoms. The zero-order valence-electron chi connectivity index (χ0n) is 13.2. The van der Waals surface area contributed by atoms with Crippen LogP contribution < -0.4 is 4.90 Å². The molecule has 116 valence electrons. The van der Waals surface area contributed by atoms with Crippen molar-refractivity contribution in [2.45, 2.75) is 6.92 Å². The number of hydrogen-bond acceptors (Lipinski definition) is 2. The smallest absolute Gasteiger partial charge is 0.266 e. The number of carbonyl (C=O) groups is 2. The second kappa shape index (κ2) is 5.46. The molecule has 3 aromatic rings. The molecule has 0 aromatic heterocycles. The van der Waals surface area contributed by atoms with Crippen LogP contribution in [0.2, 0.25) is 0 Å². The van der Waals surface area contributed by atoms with Gasteiger partial charge in [-0.05, 0) is 47.9 Å². The van der Waals surface area contributed by atoms with E-state index >= 15 is 0 Å². The predicted octanol–water partition coefficient (Wildman–Crippen LogP) is 4.46. The maximum atomic E-state index is 12.8. The van der Waals surface area contributed by atoms with E-state index in [4.69, 9.17) is 0 Å². The van der Waals surface area contributed by atoms with Crippen LogP contribution in [0, 0.1) is 6.92 Å². The van der Waals surface area contributed by atoms with Crippen molar-refractivity contribution in [3.8, 4) is 11.1 Å². The second-order valence-electron chi connectivity index (χ2n) is 5.91. The van der Waals surface area contributed by atoms with Gasteiger partial charge in [0.2, 0.25) is 0 Å². The number of aryl methyl sites for hydroxylation is 1. The summed E-state index contributed by atoms with van der Waals surface area (Å²) in [7, 11) is 0. The van der Waals surface area contributed by atoms with Crippen LogP contribution >= 0.6 is 0 Å². The number of rotatable bonds is 2. The summed E-state index contributed by atoms with van der Waals surface area (Å²) in [6.45, 7) is 1.94. The third-order valence-corrected chi connectivity index (χ3v) is 4.25. The predicted molar refractivity (Wildman–Crippen MR) is 94.2 cm³/mol. The Morgan fingerprint density at radius 1 is 0.667 bits per heavy atom. The minimum Gasteiger partial charge on any atom is -0.268 e. The zero-order chi connectivity index (χ0) is 16.7. The van der Waals surface area contributed by atoms with Gasteiger partial charge in [-0.3, -0.25) is 9.59 Å². The molecule has 0 spiro atoms. The summed E-state index contributed by atoms with van der Waals surface area (Å²) in [6.07, 6.45) is 0. The van der Waals surface area contributed by atoms with Gasteiger partial charge in [-0.2, -0.15) is 0 Å². The Morgan fingerprint density at radius 2 is 1.42 bits per heavy atom. The van der Waals surface area contributed by atoms with Gasteiger partial charge in [0.25, 0.3) is 11.8 Å². The number of imide groups is 1. The van der Waals surface area contributed by atoms with Crippen LogP contribution in [-0.2, 0) is 0 Å². The van der Waals surface area contributed by atoms with Gasteiger partial charge in [0.1, 0.15) is 0 Å². The van der Waals surface area contributed by atoms with E-state index in [-0.39, 0.29) is 11.8 Å². The molecule has 0 N–H and O–H groups in total. The van der Waals surface area contributed by atoms with Gasteiger partial charge in [0.05, 0.1) is 16.8 Å². The molecule has 0 atom stereocenters. The highest BCUT2D eigenvalue weighted by Gasteiger charge is 2.36. The van der Waals surface area contributed by atoms with Gasteiger partial charge in [-0.25, -0.2) is 4.90 Å². The Balaban J connectivity index is 1.79. The Kier molecular flexibility index (Phi) is 3.28. The molecule has 0 unspecified atom stereocenters. The molecular formula is C21H15NO2. The summed E-state index contributed by atoms with van der Waals surface area (Å²) < 4.78 is 0. The van der Waals surface area contributed by atoms with Crippen LogP contribution in [0.1, 0.15) is 26.3 Å². The van der Waals surface area contributed by atoms with Gasteiger partial charge in [-0.1, -0.05) is 48.5 Å². The van der Waals surface area contributed by atoms with Crippen molar-refractivity contribution in [2.75, 3.05) is 4.90 Å². The van der Waals surface area contributed by atoms with Gasteiger partial charge < -0.3 is 0 Å². The first-order valence-electron chi connectivity index (χ1n) is 7.80. The third-order valence-electron chi connectivity index (χ3n) is 4.25. The quantitative estimate of drug-likeness (QED) is 0.655. The molecule has 1 aliphatic rings. The molecule has 24 heavy (non-hydrogen) atoms. The number of carbonyl (C=O) groups excluding carboxylic acids is 2. The first-order valence-corrected chi connectivity index (χ1v) is 7.80. The summed E-state index contributed by atoms with van der Waals surface area (Å²) in [4.78, 5) is 26.7. The van der Waals surface area contributed by atoms with Crippen molar-refractivity contribution in [2.24, 2.45) is 0 Å². The van der Waals surface area contributed by atoms with Crippen molar-refractivity contribution in [1.82, 2.24) is 0 Å². The number of anilines is 1. The number of amides is 2. The van der Waals surface area contributed by atoms with E-state index in [0.29, 0.717) is 16.8 Å². The first-order chi connectivity index (χ1) is 11.6. The van der Waals surface area contributed by atoms with Crippen molar-refractivity contribution in [3.05, 3.63) is 89.5 Å². The largest absolute Gasteiger partial charge is 0.268 e. The highest BCUT2D eigenvalue weighted by Crippen LogP contribution is 2.31. The lowest BCUT2D eigenvalue weighted by Gasteiger charge is -2.14. The van der Waals surface area contributed by atoms with E-state index in [0.717, 1.165) is 16.7 Å². The highest BCUT2D eigenvalue weighted by atomic mass is 16.2. The van der Waals surface area contributed by atoms with E-state index in [1.807, 2.05) is 61.5 Å². The molecule has 0 radical (unpaired) electrons. The highest BCUT2D eigenvalue weighted by molar-refractivity contribution is 6.34. The second-order valence-corrected chi connectivity index (χ2v) is 5.91. The van der Waals surface area contributed by atoms with Crippen LogP contribution in [0.15, 0.2) is 72.8 Å². The summed E-state index contributed by atoms with van der Waals surface area (Å²) in [6, 6.07) is 22.7. The molecule has 4 rings (SSSR count). The molecule has 3 nitrogen and oxygen atoms in total. The van der Waals surface area contributed by atoms with Crippen molar-refractivity contribution < 1.29 is 9.59 Å². The minimum atomic E-state index is -0.265. The summed E-state index contributed by atoms with van der Waals surface area (Å²) in [5, 5.41) is 0. The molecule has 0 fully saturated rings. The van der Waals surface area contributed by atoms with E-state index in [2.05, 4.69) is 0 Å². The Hall–Kier alpha value is -3.20. The standard InChI is InChI=1S/C21H15NO2/c1-14-6-5-9-17(12-14)22-20(23)18-11-10-16(13-19(18)21(22)24)15-7-3-2-4-8-15/h2-13H,1H3. The zero-order valence-corrected chi connectivity index (χ0v) is 13.2. The van der Waals surface area contributed by atoms with Gasteiger partial charge >= 0.3 is 0 Å². The molecule has 0 saturated heterocycles. The van der Waals surface area contributed by atoms with Crippen LogP contribution in [0.25, 0.3) is 11.1 Å². The maximum Gasteiger partial charge on any atom is 0.266 e. The first kappa shape index (κ1) is 14.4. The van der Waals surface area contributed by atoms with Crippen LogP contribution in [-0.4, -0.2) is 11.8 Å². The van der Waals surface area contributed by atoms with Crippen molar-refractivity contribution >= 4 is 17.5 Å². The average molecular weight is 313 g/mol. The molecule has 2 amide bonds. The summed E-state index contributed by atoms with van der Waals surface area (Å²) in [5.74, 6) is -0.529. The lowest BCUT2D eigenvalue weighted by atomic mass is 10.0. The monoisotopic (exact) mass is 313 g/mol. The van der Waals surface area contributed by atoms with Gasteiger partial charge in [0.15, 0.2) is 0 Å². The van der Waals surface area contributed by atoms with Crippen molar-refractivity contribution in [1.29, 1.82) is 0 Å². The van der Waals surface area contributed by atoms with Crippen molar-refractivity contribution in [3.63, 3.8) is 0 Å². The maximum absolute atomic E-state index is 12.8. The number of fused-ring (bicyclic) bond motifs is 1. The fraction of sp³-hybridized carbons (Fsp3) is 0.0476. The molecule has 1 heterocycles.